The van der Waals surface area contributed by atoms with Crippen molar-refractivity contribution >= 4 is 28.5 Å². The smallest absolute Gasteiger partial charge is 0.326 e. The predicted octanol–water partition coefficient (Wildman–Crippen LogP) is 3.91. The highest BCUT2D eigenvalue weighted by molar-refractivity contribution is 6.30. The third-order valence-electron chi connectivity index (χ3n) is 7.31. The van der Waals surface area contributed by atoms with Gasteiger partial charge in [-0.15, -0.1) is 0 Å². The molecule has 10 heteroatoms. The van der Waals surface area contributed by atoms with E-state index >= 15 is 0 Å². The third-order valence-corrected chi connectivity index (χ3v) is 7.55. The minimum absolute atomic E-state index is 0.0125. The van der Waals surface area contributed by atoms with Gasteiger partial charge in [-0.2, -0.15) is 0 Å². The van der Waals surface area contributed by atoms with Crippen molar-refractivity contribution in [3.8, 4) is 11.4 Å². The van der Waals surface area contributed by atoms with Gasteiger partial charge in [0, 0.05) is 43.8 Å². The summed E-state index contributed by atoms with van der Waals surface area (Å²) in [5.74, 6) is -0.159. The summed E-state index contributed by atoms with van der Waals surface area (Å²) in [6.45, 7) is 2.99. The number of aromatic nitrogens is 4. The fourth-order valence-electron chi connectivity index (χ4n) is 5.45. The summed E-state index contributed by atoms with van der Waals surface area (Å²) in [6, 6.07) is 12.2. The van der Waals surface area contributed by atoms with Crippen LogP contribution >= 0.6 is 11.6 Å². The Kier molecular flexibility index (Phi) is 5.69. The maximum atomic E-state index is 14.8. The summed E-state index contributed by atoms with van der Waals surface area (Å²) in [5.41, 5.74) is 3.08. The van der Waals surface area contributed by atoms with Gasteiger partial charge in [0.1, 0.15) is 11.6 Å². The monoisotopic (exact) mass is 508 g/mol. The van der Waals surface area contributed by atoms with Crippen LogP contribution in [0.25, 0.3) is 22.4 Å². The number of carbonyl (C=O) groups excluding carboxylic acids is 1. The maximum absolute atomic E-state index is 14.8. The van der Waals surface area contributed by atoms with Crippen LogP contribution < -0.4 is 5.69 Å². The molecule has 2 aromatic heterocycles. The lowest BCUT2D eigenvalue weighted by molar-refractivity contribution is 0.0686. The molecule has 0 saturated carbocycles. The number of carbonyl (C=O) groups is 1. The summed E-state index contributed by atoms with van der Waals surface area (Å²) in [5, 5.41) is 0.315. The third kappa shape index (κ3) is 3.83. The number of piperidine rings is 1. The Morgan fingerprint density at radius 2 is 1.89 bits per heavy atom. The Hall–Kier alpha value is -3.43. The number of imidazole rings is 2. The standard InChI is InChI=1S/C26H26ClFN6O2/c1-31-12-13-33-22(15-31)23(30-24(33)18-7-6-16(27)14-19(18)28)25(35)32-10-8-17(9-11-32)34-21-5-3-2-4-20(21)29-26(34)36/h2-7,14,17H,8-13,15H2,1H3,(H,29,36). The molecule has 0 aliphatic carbocycles. The van der Waals surface area contributed by atoms with E-state index in [1.807, 2.05) is 40.4 Å². The number of benzene rings is 2. The number of amides is 1. The lowest BCUT2D eigenvalue weighted by atomic mass is 10.0. The van der Waals surface area contributed by atoms with Crippen LogP contribution in [0, 0.1) is 5.82 Å². The zero-order chi connectivity index (χ0) is 25.0. The van der Waals surface area contributed by atoms with E-state index < -0.39 is 5.82 Å². The van der Waals surface area contributed by atoms with Crippen molar-refractivity contribution in [3.63, 3.8) is 0 Å². The van der Waals surface area contributed by atoms with Crippen molar-refractivity contribution in [2.75, 3.05) is 26.7 Å². The molecule has 0 unspecified atom stereocenters. The molecule has 2 aliphatic heterocycles. The lowest BCUT2D eigenvalue weighted by Gasteiger charge is -2.33. The molecule has 1 N–H and O–H groups in total. The van der Waals surface area contributed by atoms with E-state index in [0.717, 1.165) is 23.3 Å². The molecule has 4 aromatic rings. The summed E-state index contributed by atoms with van der Waals surface area (Å²) in [6.07, 6.45) is 1.34. The van der Waals surface area contributed by atoms with Crippen LogP contribution in [0.1, 0.15) is 35.1 Å². The topological polar surface area (TPSA) is 79.2 Å². The average Bonchev–Trinajstić information content (AvgIpc) is 3.40. The van der Waals surface area contributed by atoms with Crippen LogP contribution in [0.3, 0.4) is 0 Å². The molecular weight excluding hydrogens is 483 g/mol. The first kappa shape index (κ1) is 23.0. The average molecular weight is 509 g/mol. The normalized spacial score (nSPS) is 17.0. The van der Waals surface area contributed by atoms with Gasteiger partial charge in [0.15, 0.2) is 5.69 Å². The van der Waals surface area contributed by atoms with Crippen LogP contribution in [-0.2, 0) is 13.1 Å². The van der Waals surface area contributed by atoms with E-state index in [4.69, 9.17) is 11.6 Å². The molecule has 8 nitrogen and oxygen atoms in total. The summed E-state index contributed by atoms with van der Waals surface area (Å²) >= 11 is 5.96. The van der Waals surface area contributed by atoms with E-state index in [2.05, 4.69) is 14.9 Å². The number of nitrogens with zero attached hydrogens (tertiary/aromatic N) is 5. The first-order valence-corrected chi connectivity index (χ1v) is 12.5. The van der Waals surface area contributed by atoms with Crippen molar-refractivity contribution in [1.82, 2.24) is 28.9 Å². The highest BCUT2D eigenvalue weighted by Gasteiger charge is 2.32. The van der Waals surface area contributed by atoms with Crippen molar-refractivity contribution in [2.24, 2.45) is 0 Å². The molecule has 1 saturated heterocycles. The number of likely N-dealkylation sites (N-methyl/N-ethyl adjacent to an activating group) is 1. The van der Waals surface area contributed by atoms with Gasteiger partial charge in [-0.05, 0) is 50.2 Å². The number of halogens is 2. The largest absolute Gasteiger partial charge is 0.337 e. The van der Waals surface area contributed by atoms with Gasteiger partial charge in [0.05, 0.1) is 22.3 Å². The van der Waals surface area contributed by atoms with Crippen LogP contribution in [0.15, 0.2) is 47.3 Å². The number of fused-ring (bicyclic) bond motifs is 2. The van der Waals surface area contributed by atoms with E-state index in [-0.39, 0.29) is 17.6 Å². The summed E-state index contributed by atoms with van der Waals surface area (Å²) in [7, 11) is 2.00. The molecule has 1 amide bonds. The van der Waals surface area contributed by atoms with Crippen LogP contribution in [0.4, 0.5) is 4.39 Å². The molecule has 186 valence electrons. The number of likely N-dealkylation sites (tertiary alicyclic amines) is 1. The number of hydrogen-bond donors (Lipinski definition) is 1. The zero-order valence-corrected chi connectivity index (χ0v) is 20.6. The number of hydrogen-bond acceptors (Lipinski definition) is 4. The molecule has 2 aliphatic rings. The van der Waals surface area contributed by atoms with Gasteiger partial charge in [-0.25, -0.2) is 14.2 Å². The minimum Gasteiger partial charge on any atom is -0.337 e. The number of nitrogens with one attached hydrogen (secondary N) is 1. The van der Waals surface area contributed by atoms with E-state index in [1.165, 1.54) is 6.07 Å². The first-order valence-electron chi connectivity index (χ1n) is 12.1. The highest BCUT2D eigenvalue weighted by Crippen LogP contribution is 2.31. The van der Waals surface area contributed by atoms with Crippen LogP contribution in [0.5, 0.6) is 0 Å². The fraction of sp³-hybridized carbons (Fsp3) is 0.346. The second-order valence-electron chi connectivity index (χ2n) is 9.58. The van der Waals surface area contributed by atoms with E-state index in [0.29, 0.717) is 61.1 Å². The van der Waals surface area contributed by atoms with Gasteiger partial charge >= 0.3 is 5.69 Å². The maximum Gasteiger partial charge on any atom is 0.326 e. The number of rotatable bonds is 3. The fourth-order valence-corrected chi connectivity index (χ4v) is 5.61. The van der Waals surface area contributed by atoms with Gasteiger partial charge in [0.2, 0.25) is 0 Å². The van der Waals surface area contributed by atoms with Gasteiger partial charge < -0.3 is 14.5 Å². The molecule has 6 rings (SSSR count). The number of para-hydroxylation sites is 2. The Bertz CT molecular complexity index is 1530. The molecule has 36 heavy (non-hydrogen) atoms. The molecule has 0 radical (unpaired) electrons. The van der Waals surface area contributed by atoms with Crippen LogP contribution in [0.2, 0.25) is 5.02 Å². The molecular formula is C26H26ClFN6O2. The second kappa shape index (κ2) is 8.90. The van der Waals surface area contributed by atoms with Crippen LogP contribution in [-0.4, -0.2) is 61.5 Å². The Morgan fingerprint density at radius 1 is 1.11 bits per heavy atom. The van der Waals surface area contributed by atoms with E-state index in [1.54, 1.807) is 17.0 Å². The number of aromatic amines is 1. The second-order valence-corrected chi connectivity index (χ2v) is 10.0. The molecule has 4 heterocycles. The first-order chi connectivity index (χ1) is 17.4. The van der Waals surface area contributed by atoms with E-state index in [9.17, 15) is 14.0 Å². The van der Waals surface area contributed by atoms with Crippen molar-refractivity contribution in [2.45, 2.75) is 32.0 Å². The lowest BCUT2D eigenvalue weighted by Crippen LogP contribution is -2.41. The molecule has 0 spiro atoms. The highest BCUT2D eigenvalue weighted by atomic mass is 35.5. The van der Waals surface area contributed by atoms with Crippen molar-refractivity contribution < 1.29 is 9.18 Å². The molecule has 0 bridgehead atoms. The van der Waals surface area contributed by atoms with Gasteiger partial charge in [0.25, 0.3) is 5.91 Å². The quantitative estimate of drug-likeness (QED) is 0.455. The Morgan fingerprint density at radius 3 is 2.67 bits per heavy atom. The van der Waals surface area contributed by atoms with Crippen molar-refractivity contribution in [1.29, 1.82) is 0 Å². The molecule has 0 atom stereocenters. The molecule has 1 fully saturated rings. The zero-order valence-electron chi connectivity index (χ0n) is 19.9. The minimum atomic E-state index is -0.460. The summed E-state index contributed by atoms with van der Waals surface area (Å²) < 4.78 is 18.6. The number of H-pyrrole nitrogens is 1. The summed E-state index contributed by atoms with van der Waals surface area (Å²) in [4.78, 5) is 37.8. The molecule has 2 aromatic carbocycles. The predicted molar refractivity (Wildman–Crippen MR) is 136 cm³/mol. The van der Waals surface area contributed by atoms with Gasteiger partial charge in [-0.3, -0.25) is 14.3 Å². The van der Waals surface area contributed by atoms with Crippen molar-refractivity contribution in [3.05, 3.63) is 75.2 Å². The van der Waals surface area contributed by atoms with Gasteiger partial charge in [-0.1, -0.05) is 23.7 Å². The SMILES string of the molecule is CN1CCn2c(-c3ccc(Cl)cc3F)nc(C(=O)N3CCC(n4c(=O)[nH]c5ccccc54)CC3)c2C1. The Labute approximate surface area is 211 Å². The Balaban J connectivity index is 1.29.